The molecule has 2 heterocycles. The van der Waals surface area contributed by atoms with E-state index < -0.39 is 11.7 Å². The summed E-state index contributed by atoms with van der Waals surface area (Å²) >= 11 is 0. The van der Waals surface area contributed by atoms with E-state index in [-0.39, 0.29) is 17.6 Å². The van der Waals surface area contributed by atoms with Crippen LogP contribution in [-0.4, -0.2) is 45.8 Å². The molecule has 0 aliphatic heterocycles. The van der Waals surface area contributed by atoms with Crippen LogP contribution in [0.3, 0.4) is 0 Å². The number of nitrogens with zero attached hydrogens (tertiary/aromatic N) is 4. The van der Waals surface area contributed by atoms with Gasteiger partial charge < -0.3 is 9.64 Å². The van der Waals surface area contributed by atoms with E-state index in [0.29, 0.717) is 30.8 Å². The molecule has 0 saturated heterocycles. The standard InChI is InChI=1S/C24H27F3N4O2/c1-16(2)22-19(15-29-31(22)21-11-10-18(14-28-21)24(25,26)27)23(32)30(4)12-7-13-33-20-9-6-5-8-17(20)3/h5-6,8-11,14-16H,7,12-13H2,1-4H3. The summed E-state index contributed by atoms with van der Waals surface area (Å²) in [6, 6.07) is 9.94. The van der Waals surface area contributed by atoms with E-state index >= 15 is 0 Å². The Morgan fingerprint density at radius 1 is 1.15 bits per heavy atom. The van der Waals surface area contributed by atoms with Crippen LogP contribution in [0.4, 0.5) is 13.2 Å². The van der Waals surface area contributed by atoms with Gasteiger partial charge in [-0.3, -0.25) is 4.79 Å². The Bertz CT molecular complexity index is 1090. The zero-order chi connectivity index (χ0) is 24.2. The van der Waals surface area contributed by atoms with Gasteiger partial charge in [0.15, 0.2) is 5.82 Å². The third-order valence-electron chi connectivity index (χ3n) is 5.21. The number of para-hydroxylation sites is 1. The van der Waals surface area contributed by atoms with E-state index in [2.05, 4.69) is 10.1 Å². The Morgan fingerprint density at radius 2 is 1.88 bits per heavy atom. The molecule has 33 heavy (non-hydrogen) atoms. The average Bonchev–Trinajstić information content (AvgIpc) is 3.22. The van der Waals surface area contributed by atoms with Gasteiger partial charge in [0, 0.05) is 19.8 Å². The maximum Gasteiger partial charge on any atom is 0.417 e. The molecule has 0 aliphatic rings. The predicted octanol–water partition coefficient (Wildman–Crippen LogP) is 5.26. The second-order valence-corrected chi connectivity index (χ2v) is 8.11. The lowest BCUT2D eigenvalue weighted by atomic mass is 10.0. The zero-order valence-corrected chi connectivity index (χ0v) is 19.1. The predicted molar refractivity (Wildman–Crippen MR) is 119 cm³/mol. The van der Waals surface area contributed by atoms with Crippen LogP contribution in [0.1, 0.15) is 53.4 Å². The minimum absolute atomic E-state index is 0.103. The smallest absolute Gasteiger partial charge is 0.417 e. The SMILES string of the molecule is Cc1ccccc1OCCCN(C)C(=O)c1cnn(-c2ccc(C(F)(F)F)cn2)c1C(C)C. The molecule has 0 aliphatic carbocycles. The van der Waals surface area contributed by atoms with Crippen LogP contribution in [0.25, 0.3) is 5.82 Å². The third kappa shape index (κ3) is 5.71. The molecule has 0 bridgehead atoms. The molecular weight excluding hydrogens is 433 g/mol. The van der Waals surface area contributed by atoms with Crippen molar-refractivity contribution in [2.24, 2.45) is 0 Å². The molecule has 0 spiro atoms. The number of hydrogen-bond donors (Lipinski definition) is 0. The van der Waals surface area contributed by atoms with Gasteiger partial charge in [0.05, 0.1) is 29.6 Å². The number of benzene rings is 1. The molecule has 0 saturated carbocycles. The first-order chi connectivity index (χ1) is 15.6. The minimum Gasteiger partial charge on any atom is -0.493 e. The van der Waals surface area contributed by atoms with Crippen molar-refractivity contribution < 1.29 is 22.7 Å². The van der Waals surface area contributed by atoms with Gasteiger partial charge in [-0.25, -0.2) is 9.67 Å². The molecule has 176 valence electrons. The molecule has 6 nitrogen and oxygen atoms in total. The molecule has 9 heteroatoms. The van der Waals surface area contributed by atoms with E-state index in [1.54, 1.807) is 11.9 Å². The van der Waals surface area contributed by atoms with Crippen molar-refractivity contribution in [3.8, 4) is 11.6 Å². The van der Waals surface area contributed by atoms with Gasteiger partial charge in [0.1, 0.15) is 5.75 Å². The number of carbonyl (C=O) groups excluding carboxylic acids is 1. The number of aromatic nitrogens is 3. The summed E-state index contributed by atoms with van der Waals surface area (Å²) < 4.78 is 45.8. The highest BCUT2D eigenvalue weighted by Crippen LogP contribution is 2.29. The monoisotopic (exact) mass is 460 g/mol. The summed E-state index contributed by atoms with van der Waals surface area (Å²) in [6.45, 7) is 6.70. The summed E-state index contributed by atoms with van der Waals surface area (Å²) in [7, 11) is 1.70. The lowest BCUT2D eigenvalue weighted by Crippen LogP contribution is -2.29. The fourth-order valence-electron chi connectivity index (χ4n) is 3.45. The molecular formula is C24H27F3N4O2. The quantitative estimate of drug-likeness (QED) is 0.431. The third-order valence-corrected chi connectivity index (χ3v) is 5.21. The molecule has 0 N–H and O–H groups in total. The van der Waals surface area contributed by atoms with Gasteiger partial charge >= 0.3 is 6.18 Å². The highest BCUT2D eigenvalue weighted by atomic mass is 19.4. The minimum atomic E-state index is -4.47. The van der Waals surface area contributed by atoms with Gasteiger partial charge in [-0.15, -0.1) is 0 Å². The number of alkyl halides is 3. The van der Waals surface area contributed by atoms with Crippen molar-refractivity contribution in [3.63, 3.8) is 0 Å². The van der Waals surface area contributed by atoms with Gasteiger partial charge in [-0.1, -0.05) is 32.0 Å². The molecule has 1 amide bonds. The Balaban J connectivity index is 1.70. The average molecular weight is 461 g/mol. The number of amides is 1. The van der Waals surface area contributed by atoms with Gasteiger partial charge in [0.25, 0.3) is 5.91 Å². The summed E-state index contributed by atoms with van der Waals surface area (Å²) in [4.78, 5) is 18.6. The fraction of sp³-hybridized carbons (Fsp3) is 0.375. The molecule has 1 aromatic carbocycles. The summed E-state index contributed by atoms with van der Waals surface area (Å²) in [5, 5.41) is 4.25. The van der Waals surface area contributed by atoms with Crippen LogP contribution in [0, 0.1) is 6.92 Å². The Hall–Kier alpha value is -3.36. The number of hydrogen-bond acceptors (Lipinski definition) is 4. The first-order valence-corrected chi connectivity index (χ1v) is 10.6. The lowest BCUT2D eigenvalue weighted by Gasteiger charge is -2.19. The van der Waals surface area contributed by atoms with Crippen molar-refractivity contribution in [1.29, 1.82) is 0 Å². The van der Waals surface area contributed by atoms with E-state index in [1.807, 2.05) is 45.0 Å². The van der Waals surface area contributed by atoms with Crippen LogP contribution in [0.2, 0.25) is 0 Å². The number of halogens is 3. The highest BCUT2D eigenvalue weighted by molar-refractivity contribution is 5.95. The number of carbonyl (C=O) groups is 1. The molecule has 0 radical (unpaired) electrons. The maximum atomic E-state index is 13.1. The number of ether oxygens (including phenoxy) is 1. The largest absolute Gasteiger partial charge is 0.493 e. The van der Waals surface area contributed by atoms with Gasteiger partial charge in [-0.05, 0) is 43.0 Å². The van der Waals surface area contributed by atoms with E-state index in [9.17, 15) is 18.0 Å². The number of pyridine rings is 1. The van der Waals surface area contributed by atoms with Gasteiger partial charge in [-0.2, -0.15) is 18.3 Å². The molecule has 3 aromatic rings. The molecule has 0 unspecified atom stereocenters. The van der Waals surface area contributed by atoms with E-state index in [0.717, 1.165) is 23.6 Å². The summed E-state index contributed by atoms with van der Waals surface area (Å²) in [5.74, 6) is 0.722. The molecule has 2 aromatic heterocycles. The summed E-state index contributed by atoms with van der Waals surface area (Å²) in [5.41, 5.74) is 1.20. The van der Waals surface area contributed by atoms with Crippen LogP contribution in [0.5, 0.6) is 5.75 Å². The van der Waals surface area contributed by atoms with Crippen molar-refractivity contribution in [2.45, 2.75) is 39.3 Å². The lowest BCUT2D eigenvalue weighted by molar-refractivity contribution is -0.137. The second kappa shape index (κ2) is 10.1. The summed E-state index contributed by atoms with van der Waals surface area (Å²) in [6.07, 6.45) is -1.62. The zero-order valence-electron chi connectivity index (χ0n) is 19.1. The van der Waals surface area contributed by atoms with Crippen LogP contribution < -0.4 is 4.74 Å². The van der Waals surface area contributed by atoms with Crippen molar-refractivity contribution >= 4 is 5.91 Å². The molecule has 3 rings (SSSR count). The Kier molecular flexibility index (Phi) is 7.40. The first kappa shape index (κ1) is 24.3. The fourth-order valence-corrected chi connectivity index (χ4v) is 3.45. The first-order valence-electron chi connectivity index (χ1n) is 10.6. The van der Waals surface area contributed by atoms with Crippen LogP contribution in [0.15, 0.2) is 48.8 Å². The number of aryl methyl sites for hydroxylation is 1. The normalized spacial score (nSPS) is 11.6. The van der Waals surface area contributed by atoms with Crippen LogP contribution in [-0.2, 0) is 6.18 Å². The molecule has 0 atom stereocenters. The van der Waals surface area contributed by atoms with Crippen molar-refractivity contribution in [3.05, 3.63) is 71.2 Å². The van der Waals surface area contributed by atoms with Crippen molar-refractivity contribution in [1.82, 2.24) is 19.7 Å². The van der Waals surface area contributed by atoms with E-state index in [1.165, 1.54) is 16.9 Å². The van der Waals surface area contributed by atoms with E-state index in [4.69, 9.17) is 4.74 Å². The number of rotatable bonds is 8. The topological polar surface area (TPSA) is 60.2 Å². The van der Waals surface area contributed by atoms with Gasteiger partial charge in [0.2, 0.25) is 0 Å². The van der Waals surface area contributed by atoms with Crippen LogP contribution >= 0.6 is 0 Å². The van der Waals surface area contributed by atoms with Crippen molar-refractivity contribution in [2.75, 3.05) is 20.2 Å². The second-order valence-electron chi connectivity index (χ2n) is 8.11. The molecule has 0 fully saturated rings. The Labute approximate surface area is 191 Å². The Morgan fingerprint density at radius 3 is 2.48 bits per heavy atom. The maximum absolute atomic E-state index is 13.1. The highest BCUT2D eigenvalue weighted by Gasteiger charge is 2.31.